The molecule has 3 atom stereocenters. The van der Waals surface area contributed by atoms with E-state index in [1.165, 1.54) is 36.9 Å². The number of likely N-dealkylation sites (tertiary alicyclic amines) is 1. The van der Waals surface area contributed by atoms with E-state index in [9.17, 15) is 0 Å². The minimum absolute atomic E-state index is 0.123. The van der Waals surface area contributed by atoms with E-state index in [0.717, 1.165) is 6.04 Å². The lowest BCUT2D eigenvalue weighted by Crippen LogP contribution is -2.43. The van der Waals surface area contributed by atoms with E-state index in [2.05, 4.69) is 49.9 Å². The lowest BCUT2D eigenvalue weighted by molar-refractivity contribution is 0.165. The molecular formula is C16H26N2. The predicted octanol–water partition coefficient (Wildman–Crippen LogP) is 3.26. The predicted molar refractivity (Wildman–Crippen MR) is 77.6 cm³/mol. The smallest absolute Gasteiger partial charge is 0.0450 e. The van der Waals surface area contributed by atoms with Crippen LogP contribution in [0.1, 0.15) is 50.3 Å². The van der Waals surface area contributed by atoms with Gasteiger partial charge in [-0.05, 0) is 45.2 Å². The number of hydrogen-bond donors (Lipinski definition) is 1. The van der Waals surface area contributed by atoms with E-state index in [-0.39, 0.29) is 6.04 Å². The van der Waals surface area contributed by atoms with Gasteiger partial charge in [0.15, 0.2) is 0 Å². The van der Waals surface area contributed by atoms with E-state index in [1.54, 1.807) is 0 Å². The molecule has 2 N–H and O–H groups in total. The average Bonchev–Trinajstić information content (AvgIpc) is 2.86. The molecule has 2 heteroatoms. The van der Waals surface area contributed by atoms with E-state index in [4.69, 9.17) is 5.73 Å². The van der Waals surface area contributed by atoms with Crippen molar-refractivity contribution in [2.24, 2.45) is 5.73 Å². The SMILES string of the molecule is CCC1CCCN1C(C)C(N)c1ccc(C)cc1. The van der Waals surface area contributed by atoms with Gasteiger partial charge in [-0.3, -0.25) is 4.90 Å². The number of benzene rings is 1. The van der Waals surface area contributed by atoms with E-state index in [1.807, 2.05) is 0 Å². The zero-order valence-corrected chi connectivity index (χ0v) is 11.9. The van der Waals surface area contributed by atoms with Crippen LogP contribution >= 0.6 is 0 Å². The van der Waals surface area contributed by atoms with E-state index >= 15 is 0 Å². The molecule has 0 aliphatic carbocycles. The quantitative estimate of drug-likeness (QED) is 0.883. The van der Waals surface area contributed by atoms with Crippen LogP contribution in [0.5, 0.6) is 0 Å². The van der Waals surface area contributed by atoms with Crippen molar-refractivity contribution in [1.82, 2.24) is 4.90 Å². The summed E-state index contributed by atoms with van der Waals surface area (Å²) in [5.41, 5.74) is 9.00. The fourth-order valence-corrected chi connectivity index (χ4v) is 3.11. The van der Waals surface area contributed by atoms with Gasteiger partial charge in [-0.1, -0.05) is 36.8 Å². The van der Waals surface area contributed by atoms with Crippen LogP contribution in [-0.4, -0.2) is 23.5 Å². The number of rotatable bonds is 4. The second-order valence-corrected chi connectivity index (χ2v) is 5.62. The third-order valence-corrected chi connectivity index (χ3v) is 4.40. The molecule has 3 unspecified atom stereocenters. The Kier molecular flexibility index (Phi) is 4.41. The van der Waals surface area contributed by atoms with Crippen LogP contribution in [-0.2, 0) is 0 Å². The highest BCUT2D eigenvalue weighted by Gasteiger charge is 2.30. The number of nitrogens with zero attached hydrogens (tertiary/aromatic N) is 1. The lowest BCUT2D eigenvalue weighted by Gasteiger charge is -2.34. The first-order valence-corrected chi connectivity index (χ1v) is 7.21. The first-order valence-electron chi connectivity index (χ1n) is 7.21. The fraction of sp³-hybridized carbons (Fsp3) is 0.625. The van der Waals surface area contributed by atoms with Gasteiger partial charge in [-0.2, -0.15) is 0 Å². The summed E-state index contributed by atoms with van der Waals surface area (Å²) in [5.74, 6) is 0. The van der Waals surface area contributed by atoms with Gasteiger partial charge in [0.05, 0.1) is 0 Å². The van der Waals surface area contributed by atoms with Gasteiger partial charge in [0.25, 0.3) is 0 Å². The lowest BCUT2D eigenvalue weighted by atomic mass is 9.98. The minimum Gasteiger partial charge on any atom is -0.323 e. The molecule has 0 bridgehead atoms. The van der Waals surface area contributed by atoms with Gasteiger partial charge < -0.3 is 5.73 Å². The van der Waals surface area contributed by atoms with Crippen LogP contribution in [0.15, 0.2) is 24.3 Å². The van der Waals surface area contributed by atoms with Crippen LogP contribution < -0.4 is 5.73 Å². The Morgan fingerprint density at radius 1 is 1.33 bits per heavy atom. The summed E-state index contributed by atoms with van der Waals surface area (Å²) < 4.78 is 0. The van der Waals surface area contributed by atoms with Crippen LogP contribution in [0.25, 0.3) is 0 Å². The van der Waals surface area contributed by atoms with Gasteiger partial charge in [-0.25, -0.2) is 0 Å². The Labute approximate surface area is 111 Å². The van der Waals surface area contributed by atoms with Gasteiger partial charge in [0.1, 0.15) is 0 Å². The molecule has 0 amide bonds. The van der Waals surface area contributed by atoms with Crippen LogP contribution in [0.2, 0.25) is 0 Å². The third kappa shape index (κ3) is 2.76. The third-order valence-electron chi connectivity index (χ3n) is 4.40. The molecule has 0 radical (unpaired) electrons. The highest BCUT2D eigenvalue weighted by Crippen LogP contribution is 2.27. The van der Waals surface area contributed by atoms with Crippen molar-refractivity contribution in [1.29, 1.82) is 0 Å². The topological polar surface area (TPSA) is 29.3 Å². The number of hydrogen-bond acceptors (Lipinski definition) is 2. The Morgan fingerprint density at radius 3 is 2.61 bits per heavy atom. The highest BCUT2D eigenvalue weighted by molar-refractivity contribution is 5.25. The van der Waals surface area contributed by atoms with Gasteiger partial charge >= 0.3 is 0 Å². The summed E-state index contributed by atoms with van der Waals surface area (Å²) in [7, 11) is 0. The fourth-order valence-electron chi connectivity index (χ4n) is 3.11. The van der Waals surface area contributed by atoms with Crippen molar-refractivity contribution in [3.63, 3.8) is 0 Å². The van der Waals surface area contributed by atoms with Crippen molar-refractivity contribution in [3.05, 3.63) is 35.4 Å². The number of aryl methyl sites for hydroxylation is 1. The molecule has 0 saturated carbocycles. The van der Waals surface area contributed by atoms with Crippen molar-refractivity contribution >= 4 is 0 Å². The van der Waals surface area contributed by atoms with Crippen molar-refractivity contribution in [2.45, 2.75) is 58.2 Å². The highest BCUT2D eigenvalue weighted by atomic mass is 15.2. The van der Waals surface area contributed by atoms with Crippen LogP contribution in [0.3, 0.4) is 0 Å². The first kappa shape index (κ1) is 13.6. The first-order chi connectivity index (χ1) is 8.63. The summed E-state index contributed by atoms with van der Waals surface area (Å²) in [6, 6.07) is 9.95. The Balaban J connectivity index is 2.08. The summed E-state index contributed by atoms with van der Waals surface area (Å²) in [6.45, 7) is 7.89. The maximum Gasteiger partial charge on any atom is 0.0450 e. The van der Waals surface area contributed by atoms with E-state index < -0.39 is 0 Å². The molecule has 1 aliphatic rings. The van der Waals surface area contributed by atoms with Crippen molar-refractivity contribution < 1.29 is 0 Å². The summed E-state index contributed by atoms with van der Waals surface area (Å²) in [4.78, 5) is 2.60. The summed E-state index contributed by atoms with van der Waals surface area (Å²) >= 11 is 0. The molecule has 100 valence electrons. The molecule has 0 aromatic heterocycles. The van der Waals surface area contributed by atoms with Crippen LogP contribution in [0, 0.1) is 6.92 Å². The summed E-state index contributed by atoms with van der Waals surface area (Å²) in [6.07, 6.45) is 3.90. The molecule has 1 heterocycles. The van der Waals surface area contributed by atoms with E-state index in [0.29, 0.717) is 6.04 Å². The van der Waals surface area contributed by atoms with Gasteiger partial charge in [-0.15, -0.1) is 0 Å². The molecule has 18 heavy (non-hydrogen) atoms. The second kappa shape index (κ2) is 5.85. The maximum absolute atomic E-state index is 6.44. The molecular weight excluding hydrogens is 220 g/mol. The standard InChI is InChI=1S/C16H26N2/c1-4-15-6-5-11-18(15)13(3)16(17)14-9-7-12(2)8-10-14/h7-10,13,15-16H,4-6,11,17H2,1-3H3. The molecule has 1 aromatic carbocycles. The normalized spacial score (nSPS) is 24.1. The van der Waals surface area contributed by atoms with Crippen molar-refractivity contribution in [2.75, 3.05) is 6.54 Å². The van der Waals surface area contributed by atoms with Gasteiger partial charge in [0, 0.05) is 18.1 Å². The van der Waals surface area contributed by atoms with Crippen LogP contribution in [0.4, 0.5) is 0 Å². The molecule has 1 fully saturated rings. The average molecular weight is 246 g/mol. The maximum atomic E-state index is 6.44. The zero-order chi connectivity index (χ0) is 13.1. The Morgan fingerprint density at radius 2 is 2.00 bits per heavy atom. The molecule has 1 aromatic rings. The van der Waals surface area contributed by atoms with Crippen molar-refractivity contribution in [3.8, 4) is 0 Å². The summed E-state index contributed by atoms with van der Waals surface area (Å²) in [5, 5.41) is 0. The number of nitrogens with two attached hydrogens (primary N) is 1. The minimum atomic E-state index is 0.123. The monoisotopic (exact) mass is 246 g/mol. The largest absolute Gasteiger partial charge is 0.323 e. The Hall–Kier alpha value is -0.860. The van der Waals surface area contributed by atoms with Gasteiger partial charge in [0.2, 0.25) is 0 Å². The molecule has 2 nitrogen and oxygen atoms in total. The second-order valence-electron chi connectivity index (χ2n) is 5.62. The zero-order valence-electron chi connectivity index (χ0n) is 11.9. The molecule has 0 spiro atoms. The molecule has 2 rings (SSSR count). The molecule has 1 aliphatic heterocycles. The molecule has 1 saturated heterocycles. The Bertz CT molecular complexity index is 371.